The predicted octanol–water partition coefficient (Wildman–Crippen LogP) is 4.62. The van der Waals surface area contributed by atoms with E-state index in [2.05, 4.69) is 15.7 Å². The van der Waals surface area contributed by atoms with Gasteiger partial charge in [-0.15, -0.1) is 0 Å². The van der Waals surface area contributed by atoms with E-state index < -0.39 is 0 Å². The van der Waals surface area contributed by atoms with Crippen LogP contribution in [0.5, 0.6) is 0 Å². The van der Waals surface area contributed by atoms with Gasteiger partial charge in [-0.3, -0.25) is 14.0 Å². The van der Waals surface area contributed by atoms with Crippen LogP contribution in [0.25, 0.3) is 22.6 Å². The molecule has 10 heteroatoms. The smallest absolute Gasteiger partial charge is 0.270 e. The number of nitrogens with one attached hydrogen (secondary N) is 2. The molecule has 5 rings (SSSR count). The minimum atomic E-state index is -0.388. The van der Waals surface area contributed by atoms with E-state index in [1.54, 1.807) is 33.6 Å². The molecule has 0 unspecified atom stereocenters. The van der Waals surface area contributed by atoms with Crippen LogP contribution in [0, 0.1) is 12.8 Å². The number of aromatic nitrogens is 4. The molecule has 4 heterocycles. The standard InChI is InChI=1S/C30H32N6O3S/c1-19(2)13-23(17-37)33-30(39)27-26(22-10-12-40-18-22)34-28-25(5-4-11-35(27)28)29(38)31-14-21-15-32-36(16-21)24-8-6-20(3)7-9-24/h4-12,15-16,18-19,23,37H,13-14,17H2,1-3H3,(H,31,38)(H,33,39)/t23-/m0/s1. The monoisotopic (exact) mass is 556 g/mol. The summed E-state index contributed by atoms with van der Waals surface area (Å²) in [5.74, 6) is -0.361. The number of benzene rings is 1. The average molecular weight is 557 g/mol. The highest BCUT2D eigenvalue weighted by molar-refractivity contribution is 7.08. The van der Waals surface area contributed by atoms with Gasteiger partial charge in [0.1, 0.15) is 11.4 Å². The minimum Gasteiger partial charge on any atom is -0.394 e. The molecule has 5 aromatic rings. The summed E-state index contributed by atoms with van der Waals surface area (Å²) in [7, 11) is 0. The van der Waals surface area contributed by atoms with Crippen LogP contribution >= 0.6 is 11.3 Å². The first-order chi connectivity index (χ1) is 19.3. The maximum absolute atomic E-state index is 13.5. The van der Waals surface area contributed by atoms with Crippen molar-refractivity contribution in [3.05, 3.63) is 94.2 Å². The van der Waals surface area contributed by atoms with Gasteiger partial charge in [0.15, 0.2) is 5.65 Å². The fourth-order valence-corrected chi connectivity index (χ4v) is 5.27. The third-order valence-electron chi connectivity index (χ3n) is 6.60. The number of pyridine rings is 1. The van der Waals surface area contributed by atoms with Crippen LogP contribution in [0.1, 0.15) is 52.2 Å². The number of aryl methyl sites for hydroxylation is 1. The number of hydrogen-bond donors (Lipinski definition) is 3. The maximum atomic E-state index is 13.5. The number of imidazole rings is 1. The Bertz CT molecular complexity index is 1620. The van der Waals surface area contributed by atoms with Gasteiger partial charge in [-0.05, 0) is 55.0 Å². The van der Waals surface area contributed by atoms with Crippen LogP contribution < -0.4 is 10.6 Å². The van der Waals surface area contributed by atoms with E-state index in [0.717, 1.165) is 16.8 Å². The molecule has 0 saturated heterocycles. The Balaban J connectivity index is 1.41. The fraction of sp³-hybridized carbons (Fsp3) is 0.267. The van der Waals surface area contributed by atoms with Crippen molar-refractivity contribution in [2.45, 2.75) is 39.8 Å². The van der Waals surface area contributed by atoms with Crippen LogP contribution in [0.3, 0.4) is 0 Å². The van der Waals surface area contributed by atoms with Gasteiger partial charge in [-0.1, -0.05) is 31.5 Å². The summed E-state index contributed by atoms with van der Waals surface area (Å²) in [6, 6.07) is 13.0. The average Bonchev–Trinajstić information content (AvgIpc) is 3.71. The zero-order valence-electron chi connectivity index (χ0n) is 22.7. The number of fused-ring (bicyclic) bond motifs is 1. The van der Waals surface area contributed by atoms with Crippen molar-refractivity contribution in [2.75, 3.05) is 6.61 Å². The second-order valence-electron chi connectivity index (χ2n) is 10.2. The van der Waals surface area contributed by atoms with E-state index in [0.29, 0.717) is 34.9 Å². The number of nitrogens with zero attached hydrogens (tertiary/aromatic N) is 4. The molecule has 0 aliphatic heterocycles. The number of carbonyl (C=O) groups excluding carboxylic acids is 2. The first-order valence-electron chi connectivity index (χ1n) is 13.2. The Kier molecular flexibility index (Phi) is 8.09. The lowest BCUT2D eigenvalue weighted by Crippen LogP contribution is -2.39. The normalized spacial score (nSPS) is 12.1. The van der Waals surface area contributed by atoms with E-state index in [4.69, 9.17) is 4.98 Å². The summed E-state index contributed by atoms with van der Waals surface area (Å²) in [6.07, 6.45) is 5.97. The molecule has 3 N–H and O–H groups in total. The molecule has 2 amide bonds. The Morgan fingerprint density at radius 3 is 2.60 bits per heavy atom. The molecule has 0 saturated carbocycles. The molecule has 1 atom stereocenters. The summed E-state index contributed by atoms with van der Waals surface area (Å²) in [6.45, 7) is 6.23. The van der Waals surface area contributed by atoms with Gasteiger partial charge in [0.05, 0.1) is 30.1 Å². The summed E-state index contributed by atoms with van der Waals surface area (Å²) in [4.78, 5) is 31.6. The molecule has 0 bridgehead atoms. The van der Waals surface area contributed by atoms with Gasteiger partial charge in [0.25, 0.3) is 11.8 Å². The Morgan fingerprint density at radius 1 is 1.10 bits per heavy atom. The molecule has 0 radical (unpaired) electrons. The molecule has 4 aromatic heterocycles. The van der Waals surface area contributed by atoms with Crippen LogP contribution in [-0.4, -0.2) is 48.7 Å². The highest BCUT2D eigenvalue weighted by atomic mass is 32.1. The quantitative estimate of drug-likeness (QED) is 0.232. The van der Waals surface area contributed by atoms with Crippen molar-refractivity contribution >= 4 is 28.8 Å². The summed E-state index contributed by atoms with van der Waals surface area (Å²) >= 11 is 1.50. The Hall–Kier alpha value is -4.28. The van der Waals surface area contributed by atoms with Gasteiger partial charge in [0, 0.05) is 35.4 Å². The second kappa shape index (κ2) is 11.8. The van der Waals surface area contributed by atoms with Crippen molar-refractivity contribution in [1.29, 1.82) is 0 Å². The van der Waals surface area contributed by atoms with Gasteiger partial charge >= 0.3 is 0 Å². The minimum absolute atomic E-state index is 0.164. The van der Waals surface area contributed by atoms with Crippen molar-refractivity contribution < 1.29 is 14.7 Å². The van der Waals surface area contributed by atoms with Gasteiger partial charge in [-0.2, -0.15) is 16.4 Å². The molecule has 40 heavy (non-hydrogen) atoms. The van der Waals surface area contributed by atoms with Crippen LogP contribution in [-0.2, 0) is 6.54 Å². The lowest BCUT2D eigenvalue weighted by molar-refractivity contribution is 0.0901. The number of thiophene rings is 1. The first-order valence-corrected chi connectivity index (χ1v) is 14.1. The van der Waals surface area contributed by atoms with Crippen molar-refractivity contribution in [1.82, 2.24) is 29.8 Å². The molecule has 9 nitrogen and oxygen atoms in total. The third-order valence-corrected chi connectivity index (χ3v) is 7.29. The third kappa shape index (κ3) is 5.83. The molecule has 206 valence electrons. The maximum Gasteiger partial charge on any atom is 0.270 e. The Labute approximate surface area is 236 Å². The summed E-state index contributed by atoms with van der Waals surface area (Å²) in [5.41, 5.74) is 5.29. The molecular formula is C30H32N6O3S. The van der Waals surface area contributed by atoms with Crippen molar-refractivity contribution in [3.8, 4) is 16.9 Å². The number of carbonyl (C=O) groups is 2. The predicted molar refractivity (Wildman–Crippen MR) is 156 cm³/mol. The van der Waals surface area contributed by atoms with Crippen molar-refractivity contribution in [2.24, 2.45) is 5.92 Å². The second-order valence-corrected chi connectivity index (χ2v) is 11.0. The van der Waals surface area contributed by atoms with Crippen LogP contribution in [0.4, 0.5) is 0 Å². The SMILES string of the molecule is Cc1ccc(-n2cc(CNC(=O)c3cccn4c(C(=O)N[C@H](CO)CC(C)C)c(-c5ccsc5)nc34)cn2)cc1. The molecular weight excluding hydrogens is 524 g/mol. The lowest BCUT2D eigenvalue weighted by Gasteiger charge is -2.18. The molecule has 0 aliphatic rings. The van der Waals surface area contributed by atoms with Crippen LogP contribution in [0.2, 0.25) is 0 Å². The first kappa shape index (κ1) is 27.3. The van der Waals surface area contributed by atoms with Crippen molar-refractivity contribution in [3.63, 3.8) is 0 Å². The van der Waals surface area contributed by atoms with Gasteiger partial charge in [0.2, 0.25) is 0 Å². The number of hydrogen-bond acceptors (Lipinski definition) is 6. The fourth-order valence-electron chi connectivity index (χ4n) is 4.63. The topological polar surface area (TPSA) is 114 Å². The van der Waals surface area contributed by atoms with Crippen LogP contribution in [0.15, 0.2) is 71.8 Å². The summed E-state index contributed by atoms with van der Waals surface area (Å²) < 4.78 is 3.42. The lowest BCUT2D eigenvalue weighted by atomic mass is 10.0. The van der Waals surface area contributed by atoms with E-state index in [1.807, 2.05) is 68.1 Å². The van der Waals surface area contributed by atoms with Gasteiger partial charge < -0.3 is 15.7 Å². The Morgan fingerprint density at radius 2 is 1.90 bits per heavy atom. The molecule has 0 spiro atoms. The zero-order chi connectivity index (χ0) is 28.2. The van der Waals surface area contributed by atoms with E-state index in [9.17, 15) is 14.7 Å². The summed E-state index contributed by atoms with van der Waals surface area (Å²) in [5, 5.41) is 24.0. The highest BCUT2D eigenvalue weighted by Gasteiger charge is 2.25. The molecule has 1 aromatic carbocycles. The highest BCUT2D eigenvalue weighted by Crippen LogP contribution is 2.28. The van der Waals surface area contributed by atoms with Gasteiger partial charge in [-0.25, -0.2) is 9.67 Å². The largest absolute Gasteiger partial charge is 0.394 e. The van der Waals surface area contributed by atoms with E-state index in [1.165, 1.54) is 16.9 Å². The molecule has 0 aliphatic carbocycles. The number of rotatable bonds is 10. The van der Waals surface area contributed by atoms with E-state index >= 15 is 0 Å². The zero-order valence-corrected chi connectivity index (χ0v) is 23.5. The number of amides is 2. The number of aliphatic hydroxyl groups is 1. The van der Waals surface area contributed by atoms with E-state index in [-0.39, 0.29) is 31.0 Å². The number of aliphatic hydroxyl groups excluding tert-OH is 1. The molecule has 0 fully saturated rings.